The van der Waals surface area contributed by atoms with Gasteiger partial charge in [-0.15, -0.1) is 0 Å². The van der Waals surface area contributed by atoms with Crippen LogP contribution >= 0.6 is 7.14 Å². The molecule has 7 nitrogen and oxygen atoms in total. The lowest BCUT2D eigenvalue weighted by molar-refractivity contribution is 0.291. The van der Waals surface area contributed by atoms with Crippen LogP contribution in [0.3, 0.4) is 0 Å². The van der Waals surface area contributed by atoms with E-state index in [0.29, 0.717) is 69.9 Å². The van der Waals surface area contributed by atoms with Gasteiger partial charge in [0, 0.05) is 52.7 Å². The molecule has 0 radical (unpaired) electrons. The highest BCUT2D eigenvalue weighted by atomic mass is 31.2. The molecule has 0 fully saturated rings. The molecule has 0 saturated heterocycles. The number of hydrogen-bond acceptors (Lipinski definition) is 7. The Labute approximate surface area is 392 Å². The molecule has 66 heavy (non-hydrogen) atoms. The minimum absolute atomic E-state index is 0.0473. The number of fused-ring (bicyclic) bond motifs is 8. The van der Waals surface area contributed by atoms with E-state index < -0.39 is 7.14 Å². The Bertz CT molecular complexity index is 2630. The van der Waals surface area contributed by atoms with Crippen LogP contribution in [-0.4, -0.2) is 45.0 Å². The zero-order chi connectivity index (χ0) is 46.0. The second-order valence-electron chi connectivity index (χ2n) is 17.9. The van der Waals surface area contributed by atoms with Crippen molar-refractivity contribution in [3.8, 4) is 23.0 Å². The van der Waals surface area contributed by atoms with E-state index in [2.05, 4.69) is 102 Å². The highest BCUT2D eigenvalue weighted by molar-refractivity contribution is 7.85. The third-order valence-electron chi connectivity index (χ3n) is 12.5. The fourth-order valence-corrected chi connectivity index (χ4v) is 12.3. The predicted molar refractivity (Wildman–Crippen MR) is 271 cm³/mol. The van der Waals surface area contributed by atoms with Gasteiger partial charge in [0.15, 0.2) is 7.14 Å². The first kappa shape index (κ1) is 46.7. The van der Waals surface area contributed by atoms with Crippen molar-refractivity contribution < 1.29 is 28.2 Å². The molecule has 0 aromatic heterocycles. The summed E-state index contributed by atoms with van der Waals surface area (Å²) in [5.41, 5.74) is 8.94. The topological polar surface area (TPSA) is 75.6 Å². The summed E-state index contributed by atoms with van der Waals surface area (Å²) in [4.78, 5) is 5.31. The zero-order valence-corrected chi connectivity index (χ0v) is 40.6. The fourth-order valence-electron chi connectivity index (χ4n) is 9.26. The largest absolute Gasteiger partial charge is 0.493 e. The van der Waals surface area contributed by atoms with Gasteiger partial charge in [0.05, 0.1) is 32.5 Å². The van der Waals surface area contributed by atoms with E-state index >= 15 is 4.57 Å². The van der Waals surface area contributed by atoms with Gasteiger partial charge in [-0.3, -0.25) is 0 Å². The number of nitrogens with zero attached hydrogens (tertiary/aromatic N) is 1. The summed E-state index contributed by atoms with van der Waals surface area (Å²) in [6.07, 6.45) is 5.50. The number of rotatable bonds is 17. The molecule has 6 aromatic carbocycles. The van der Waals surface area contributed by atoms with Crippen molar-refractivity contribution in [1.82, 2.24) is 0 Å². The number of hydrogen-bond donors (Lipinski definition) is 0. The van der Waals surface area contributed by atoms with Crippen LogP contribution in [-0.2, 0) is 35.0 Å². The van der Waals surface area contributed by atoms with Gasteiger partial charge in [0.2, 0.25) is 5.90 Å². The average molecular weight is 904 g/mol. The van der Waals surface area contributed by atoms with Gasteiger partial charge >= 0.3 is 0 Å². The van der Waals surface area contributed by atoms with Crippen molar-refractivity contribution >= 4 is 29.0 Å². The van der Waals surface area contributed by atoms with Crippen LogP contribution in [0.25, 0.3) is 0 Å². The van der Waals surface area contributed by atoms with Crippen molar-refractivity contribution in [1.29, 1.82) is 0 Å². The first-order chi connectivity index (χ1) is 32.3. The highest BCUT2D eigenvalue weighted by Crippen LogP contribution is 2.49. The highest BCUT2D eigenvalue weighted by Gasteiger charge is 2.40. The molecule has 0 spiro atoms. The molecule has 1 aliphatic heterocycles. The molecule has 0 saturated carbocycles. The maximum absolute atomic E-state index is 17.2. The van der Waals surface area contributed by atoms with Crippen LogP contribution in [0.5, 0.6) is 23.0 Å². The molecule has 8 bridgehead atoms. The van der Waals surface area contributed by atoms with Crippen LogP contribution in [0.4, 0.5) is 0 Å². The maximum Gasteiger partial charge on any atom is 0.217 e. The van der Waals surface area contributed by atoms with Gasteiger partial charge in [0.25, 0.3) is 0 Å². The van der Waals surface area contributed by atoms with Gasteiger partial charge in [0.1, 0.15) is 29.6 Å². The molecule has 1 aliphatic carbocycles. The SMILES string of the molecule is CCCOc1c2cccc1Cc1cccc(c1OCCC)Cc1c(OCCC)c(cc(C3=N[C@@H](C(C)C)CO3)c1P(=O)(c1ccccc1)c1ccccc1)Cc1cccc(c1OCCC)C2. The molecular formula is C58H66NO6P. The van der Waals surface area contributed by atoms with E-state index in [9.17, 15) is 0 Å². The maximum atomic E-state index is 17.2. The first-order valence-corrected chi connectivity index (χ1v) is 25.9. The number of aliphatic imine (C=N–C) groups is 1. The van der Waals surface area contributed by atoms with Crippen LogP contribution in [0.15, 0.2) is 126 Å². The van der Waals surface area contributed by atoms with Gasteiger partial charge in [-0.1, -0.05) is 157 Å². The molecule has 8 rings (SSSR count). The van der Waals surface area contributed by atoms with Crippen molar-refractivity contribution in [2.45, 2.75) is 99.0 Å². The Morgan fingerprint density at radius 3 is 1.32 bits per heavy atom. The summed E-state index contributed by atoms with van der Waals surface area (Å²) >= 11 is 0. The minimum Gasteiger partial charge on any atom is -0.493 e. The lowest BCUT2D eigenvalue weighted by atomic mass is 9.90. The van der Waals surface area contributed by atoms with E-state index in [1.54, 1.807) is 0 Å². The molecule has 1 heterocycles. The summed E-state index contributed by atoms with van der Waals surface area (Å²) < 4.78 is 51.4. The zero-order valence-electron chi connectivity index (χ0n) is 39.7. The van der Waals surface area contributed by atoms with Crippen molar-refractivity contribution in [3.63, 3.8) is 0 Å². The molecule has 0 amide bonds. The number of benzene rings is 6. The Morgan fingerprint density at radius 2 is 0.924 bits per heavy atom. The Balaban J connectivity index is 1.52. The lowest BCUT2D eigenvalue weighted by Crippen LogP contribution is -2.33. The summed E-state index contributed by atoms with van der Waals surface area (Å²) in [6, 6.07) is 41.5. The van der Waals surface area contributed by atoms with Crippen LogP contribution in [0.1, 0.15) is 117 Å². The van der Waals surface area contributed by atoms with E-state index in [-0.39, 0.29) is 12.0 Å². The van der Waals surface area contributed by atoms with Crippen LogP contribution in [0.2, 0.25) is 0 Å². The normalized spacial score (nSPS) is 14.7. The monoisotopic (exact) mass is 903 g/mol. The standard InChI is InChI=1S/C58H66NO6P/c1-7-30-61-53-41-20-17-21-42(53)35-44-23-19-25-46(55(44)63-32-9-3)37-50-56(64-33-10-4)47(36-45-24-18-22-43(34-41)54(45)62-31-8-2)38-51(58-59-52(39-65-58)40(5)6)57(50)66(60,48-26-13-11-14-27-48)49-28-15-12-16-29-49/h11-29,38,40,52H,7-10,30-37,39H2,1-6H3/t52-/m1/s1. The second kappa shape index (κ2) is 21.7. The predicted octanol–water partition coefficient (Wildman–Crippen LogP) is 12.0. The smallest absolute Gasteiger partial charge is 0.217 e. The number of ether oxygens (including phenoxy) is 5. The molecule has 0 N–H and O–H groups in total. The van der Waals surface area contributed by atoms with Gasteiger partial charge in [-0.05, 0) is 76.6 Å². The summed E-state index contributed by atoms with van der Waals surface area (Å²) in [5, 5.41) is 2.14. The third-order valence-corrected chi connectivity index (χ3v) is 15.7. The quantitative estimate of drug-likeness (QED) is 0.0848. The lowest BCUT2D eigenvalue weighted by Gasteiger charge is -2.29. The van der Waals surface area contributed by atoms with Gasteiger partial charge in [-0.25, -0.2) is 4.99 Å². The fraction of sp³-hybridized carbons (Fsp3) is 0.362. The molecule has 6 aromatic rings. The number of para-hydroxylation sites is 3. The Kier molecular flexibility index (Phi) is 15.4. The molecule has 344 valence electrons. The Hall–Kier alpha value is -5.78. The van der Waals surface area contributed by atoms with E-state index in [4.69, 9.17) is 28.7 Å². The molecule has 0 unspecified atom stereocenters. The average Bonchev–Trinajstić information content (AvgIpc) is 3.84. The van der Waals surface area contributed by atoms with Gasteiger partial charge < -0.3 is 28.2 Å². The summed E-state index contributed by atoms with van der Waals surface area (Å²) in [5.74, 6) is 4.12. The molecular weight excluding hydrogens is 838 g/mol. The van der Waals surface area contributed by atoms with Crippen LogP contribution < -0.4 is 34.9 Å². The van der Waals surface area contributed by atoms with Crippen molar-refractivity contribution in [2.24, 2.45) is 10.9 Å². The molecule has 8 heteroatoms. The third kappa shape index (κ3) is 9.83. The summed E-state index contributed by atoms with van der Waals surface area (Å²) in [6.45, 7) is 15.6. The van der Waals surface area contributed by atoms with Crippen LogP contribution in [0, 0.1) is 5.92 Å². The van der Waals surface area contributed by atoms with Crippen molar-refractivity contribution in [2.75, 3.05) is 33.0 Å². The molecule has 2 aliphatic rings. The second-order valence-corrected chi connectivity index (χ2v) is 20.6. The van der Waals surface area contributed by atoms with E-state index in [1.165, 1.54) is 0 Å². The Morgan fingerprint density at radius 1 is 0.530 bits per heavy atom. The van der Waals surface area contributed by atoms with Crippen molar-refractivity contribution in [3.05, 3.63) is 171 Å². The summed E-state index contributed by atoms with van der Waals surface area (Å²) in [7, 11) is -3.71. The molecule has 1 atom stereocenters. The van der Waals surface area contributed by atoms with Gasteiger partial charge in [-0.2, -0.15) is 0 Å². The first-order valence-electron chi connectivity index (χ1n) is 24.2. The minimum atomic E-state index is -3.71. The van der Waals surface area contributed by atoms with E-state index in [1.807, 2.05) is 60.7 Å². The van der Waals surface area contributed by atoms with E-state index in [0.717, 1.165) is 109 Å².